The molecule has 3 nitrogen and oxygen atoms in total. The van der Waals surface area contributed by atoms with E-state index in [9.17, 15) is 9.59 Å². The molecule has 1 aliphatic carbocycles. The standard InChI is InChI=1S/C15H19NO2/c1-8-9(2)14(16-11(8)7-17)13-10(3)15(4,5)6-12(13)18/h7,16H,6H2,1-5H3. The molecule has 3 heteroatoms. The average molecular weight is 245 g/mol. The Kier molecular flexibility index (Phi) is 2.80. The first kappa shape index (κ1) is 12.8. The Labute approximate surface area is 107 Å². The van der Waals surface area contributed by atoms with Crippen molar-refractivity contribution < 1.29 is 9.59 Å². The molecule has 0 saturated heterocycles. The number of hydrogen-bond donors (Lipinski definition) is 1. The zero-order valence-corrected chi connectivity index (χ0v) is 11.6. The van der Waals surface area contributed by atoms with Crippen LogP contribution >= 0.6 is 0 Å². The number of rotatable bonds is 2. The van der Waals surface area contributed by atoms with Crippen molar-refractivity contribution in [2.45, 2.75) is 41.0 Å². The summed E-state index contributed by atoms with van der Waals surface area (Å²) >= 11 is 0. The van der Waals surface area contributed by atoms with Crippen molar-refractivity contribution in [2.24, 2.45) is 5.41 Å². The normalized spacial score (nSPS) is 18.6. The summed E-state index contributed by atoms with van der Waals surface area (Å²) in [6.07, 6.45) is 1.36. The predicted octanol–water partition coefficient (Wildman–Crippen LogP) is 3.22. The highest BCUT2D eigenvalue weighted by molar-refractivity contribution is 6.24. The summed E-state index contributed by atoms with van der Waals surface area (Å²) in [6.45, 7) is 10.0. The van der Waals surface area contributed by atoms with Crippen molar-refractivity contribution in [3.63, 3.8) is 0 Å². The Balaban J connectivity index is 2.66. The van der Waals surface area contributed by atoms with E-state index in [-0.39, 0.29) is 11.2 Å². The van der Waals surface area contributed by atoms with Crippen molar-refractivity contribution >= 4 is 17.6 Å². The zero-order valence-electron chi connectivity index (χ0n) is 11.6. The molecule has 2 rings (SSSR count). The van der Waals surface area contributed by atoms with E-state index in [4.69, 9.17) is 0 Å². The fraction of sp³-hybridized carbons (Fsp3) is 0.467. The van der Waals surface area contributed by atoms with Gasteiger partial charge in [0.25, 0.3) is 0 Å². The third-order valence-corrected chi connectivity index (χ3v) is 4.24. The minimum Gasteiger partial charge on any atom is -0.352 e. The van der Waals surface area contributed by atoms with Crippen LogP contribution in [-0.2, 0) is 4.79 Å². The molecule has 0 aromatic carbocycles. The number of aromatic nitrogens is 1. The molecule has 1 aromatic heterocycles. The monoisotopic (exact) mass is 245 g/mol. The van der Waals surface area contributed by atoms with Crippen LogP contribution in [0, 0.1) is 19.3 Å². The number of Topliss-reactive ketones (excluding diaryl/α,β-unsaturated/α-hetero) is 1. The fourth-order valence-electron chi connectivity index (χ4n) is 2.58. The number of allylic oxidation sites excluding steroid dienone is 2. The van der Waals surface area contributed by atoms with Gasteiger partial charge in [-0.25, -0.2) is 0 Å². The van der Waals surface area contributed by atoms with Gasteiger partial charge in [-0.05, 0) is 37.3 Å². The van der Waals surface area contributed by atoms with Crippen molar-refractivity contribution in [3.05, 3.63) is 28.1 Å². The summed E-state index contributed by atoms with van der Waals surface area (Å²) in [5.41, 5.74) is 5.11. The van der Waals surface area contributed by atoms with Gasteiger partial charge < -0.3 is 4.98 Å². The van der Waals surface area contributed by atoms with E-state index < -0.39 is 0 Å². The first-order chi connectivity index (χ1) is 8.29. The number of nitrogens with one attached hydrogen (secondary N) is 1. The lowest BCUT2D eigenvalue weighted by Gasteiger charge is -2.18. The van der Waals surface area contributed by atoms with Crippen molar-refractivity contribution in [2.75, 3.05) is 0 Å². The molecule has 0 atom stereocenters. The molecule has 0 fully saturated rings. The second-order valence-corrected chi connectivity index (χ2v) is 5.77. The molecule has 0 saturated carbocycles. The van der Waals surface area contributed by atoms with Gasteiger partial charge in [-0.1, -0.05) is 19.4 Å². The van der Waals surface area contributed by atoms with Crippen LogP contribution in [-0.4, -0.2) is 17.1 Å². The van der Waals surface area contributed by atoms with Crippen LogP contribution < -0.4 is 0 Å². The van der Waals surface area contributed by atoms with Crippen LogP contribution in [0.2, 0.25) is 0 Å². The van der Waals surface area contributed by atoms with Crippen molar-refractivity contribution in [3.8, 4) is 0 Å². The maximum atomic E-state index is 12.2. The fourth-order valence-corrected chi connectivity index (χ4v) is 2.58. The van der Waals surface area contributed by atoms with E-state index in [1.165, 1.54) is 0 Å². The largest absolute Gasteiger partial charge is 0.352 e. The molecular formula is C15H19NO2. The lowest BCUT2D eigenvalue weighted by Crippen LogP contribution is -2.08. The molecule has 0 unspecified atom stereocenters. The molecule has 1 heterocycles. The van der Waals surface area contributed by atoms with Gasteiger partial charge >= 0.3 is 0 Å². The molecular weight excluding hydrogens is 226 g/mol. The minimum absolute atomic E-state index is 0.0841. The molecule has 1 aliphatic rings. The third kappa shape index (κ3) is 1.65. The number of carbonyl (C=O) groups is 2. The Morgan fingerprint density at radius 1 is 1.17 bits per heavy atom. The topological polar surface area (TPSA) is 49.9 Å². The first-order valence-electron chi connectivity index (χ1n) is 6.19. The molecule has 1 aromatic rings. The van der Waals surface area contributed by atoms with Crippen LogP contribution in [0.4, 0.5) is 0 Å². The summed E-state index contributed by atoms with van der Waals surface area (Å²) < 4.78 is 0. The number of hydrogen-bond acceptors (Lipinski definition) is 2. The van der Waals surface area contributed by atoms with Gasteiger partial charge in [-0.15, -0.1) is 0 Å². The number of aromatic amines is 1. The summed E-state index contributed by atoms with van der Waals surface area (Å²) in [5.74, 6) is 0.166. The Bertz CT molecular complexity index is 574. The Morgan fingerprint density at radius 3 is 2.17 bits per heavy atom. The molecule has 0 amide bonds. The van der Waals surface area contributed by atoms with Crippen molar-refractivity contribution in [1.29, 1.82) is 0 Å². The van der Waals surface area contributed by atoms with Gasteiger partial charge in [0.2, 0.25) is 0 Å². The van der Waals surface area contributed by atoms with Crippen LogP contribution in [0.5, 0.6) is 0 Å². The highest BCUT2D eigenvalue weighted by atomic mass is 16.1. The van der Waals surface area contributed by atoms with Gasteiger partial charge in [0, 0.05) is 12.0 Å². The molecule has 0 bridgehead atoms. The quantitative estimate of drug-likeness (QED) is 0.813. The van der Waals surface area contributed by atoms with Gasteiger partial charge in [-0.3, -0.25) is 9.59 Å². The molecule has 96 valence electrons. The Morgan fingerprint density at radius 2 is 1.78 bits per heavy atom. The maximum absolute atomic E-state index is 12.2. The molecule has 0 radical (unpaired) electrons. The molecule has 1 N–H and O–H groups in total. The van der Waals surface area contributed by atoms with E-state index in [2.05, 4.69) is 18.8 Å². The highest BCUT2D eigenvalue weighted by Crippen LogP contribution is 2.44. The van der Waals surface area contributed by atoms with Crippen molar-refractivity contribution in [1.82, 2.24) is 4.98 Å². The number of ketones is 1. The van der Waals surface area contributed by atoms with Crippen LogP contribution in [0.3, 0.4) is 0 Å². The first-order valence-corrected chi connectivity index (χ1v) is 6.19. The predicted molar refractivity (Wildman–Crippen MR) is 71.7 cm³/mol. The number of H-pyrrole nitrogens is 1. The van der Waals surface area contributed by atoms with Crippen LogP contribution in [0.15, 0.2) is 5.57 Å². The summed E-state index contributed by atoms with van der Waals surface area (Å²) in [6, 6.07) is 0. The molecule has 0 aliphatic heterocycles. The number of aldehydes is 1. The van der Waals surface area contributed by atoms with E-state index in [1.807, 2.05) is 20.8 Å². The highest BCUT2D eigenvalue weighted by Gasteiger charge is 2.37. The van der Waals surface area contributed by atoms with E-state index in [0.717, 1.165) is 34.3 Å². The SMILES string of the molecule is CC1=C(c2[nH]c(C=O)c(C)c2C)C(=O)CC1(C)C. The summed E-state index contributed by atoms with van der Waals surface area (Å²) in [5, 5.41) is 0. The minimum atomic E-state index is -0.0841. The molecule has 18 heavy (non-hydrogen) atoms. The summed E-state index contributed by atoms with van der Waals surface area (Å²) in [7, 11) is 0. The molecule has 0 spiro atoms. The third-order valence-electron chi connectivity index (χ3n) is 4.24. The van der Waals surface area contributed by atoms with E-state index in [0.29, 0.717) is 12.1 Å². The zero-order chi connectivity index (χ0) is 13.7. The van der Waals surface area contributed by atoms with Gasteiger partial charge in [0.05, 0.1) is 11.4 Å². The maximum Gasteiger partial charge on any atom is 0.166 e. The second-order valence-electron chi connectivity index (χ2n) is 5.77. The van der Waals surface area contributed by atoms with Gasteiger partial charge in [0.15, 0.2) is 12.1 Å². The second kappa shape index (κ2) is 3.94. The van der Waals surface area contributed by atoms with Crippen LogP contribution in [0.25, 0.3) is 5.57 Å². The lowest BCUT2D eigenvalue weighted by atomic mass is 9.86. The van der Waals surface area contributed by atoms with Crippen LogP contribution in [0.1, 0.15) is 54.5 Å². The van der Waals surface area contributed by atoms with Gasteiger partial charge in [-0.2, -0.15) is 0 Å². The summed E-state index contributed by atoms with van der Waals surface area (Å²) in [4.78, 5) is 26.3. The average Bonchev–Trinajstić information content (AvgIpc) is 2.66. The lowest BCUT2D eigenvalue weighted by molar-refractivity contribution is -0.114. The smallest absolute Gasteiger partial charge is 0.166 e. The Hall–Kier alpha value is -1.64. The van der Waals surface area contributed by atoms with E-state index >= 15 is 0 Å². The van der Waals surface area contributed by atoms with Gasteiger partial charge in [0.1, 0.15) is 0 Å². The number of carbonyl (C=O) groups excluding carboxylic acids is 2. The van der Waals surface area contributed by atoms with E-state index in [1.54, 1.807) is 0 Å².